The van der Waals surface area contributed by atoms with E-state index in [2.05, 4.69) is 20.3 Å². The molecule has 2 aliphatic rings. The zero-order valence-corrected chi connectivity index (χ0v) is 16.5. The Hall–Kier alpha value is -2.81. The van der Waals surface area contributed by atoms with Crippen LogP contribution in [0.2, 0.25) is 0 Å². The van der Waals surface area contributed by atoms with Gasteiger partial charge in [-0.25, -0.2) is 13.3 Å². The van der Waals surface area contributed by atoms with Gasteiger partial charge in [0.2, 0.25) is 0 Å². The van der Waals surface area contributed by atoms with Crippen LogP contribution in [0, 0.1) is 5.82 Å². The first-order valence-electron chi connectivity index (χ1n) is 9.21. The van der Waals surface area contributed by atoms with Crippen LogP contribution >= 0.6 is 0 Å². The van der Waals surface area contributed by atoms with E-state index in [0.717, 1.165) is 5.70 Å². The Bertz CT molecular complexity index is 1050. The van der Waals surface area contributed by atoms with E-state index in [9.17, 15) is 13.7 Å². The molecule has 0 spiro atoms. The van der Waals surface area contributed by atoms with Gasteiger partial charge in [-0.1, -0.05) is 24.3 Å². The highest BCUT2D eigenvalue weighted by atomic mass is 32.2. The van der Waals surface area contributed by atoms with Crippen LogP contribution in [-0.2, 0) is 11.0 Å². The summed E-state index contributed by atoms with van der Waals surface area (Å²) in [5.74, 6) is -0.390. The lowest BCUT2D eigenvalue weighted by atomic mass is 10.0. The maximum absolute atomic E-state index is 15.0. The molecule has 3 unspecified atom stereocenters. The van der Waals surface area contributed by atoms with E-state index in [1.165, 1.54) is 6.07 Å². The van der Waals surface area contributed by atoms with Crippen molar-refractivity contribution in [2.75, 3.05) is 6.61 Å². The van der Waals surface area contributed by atoms with Gasteiger partial charge in [-0.3, -0.25) is 4.99 Å². The average Bonchev–Trinajstić information content (AvgIpc) is 3.21. The van der Waals surface area contributed by atoms with Crippen molar-refractivity contribution in [3.63, 3.8) is 0 Å². The van der Waals surface area contributed by atoms with Crippen molar-refractivity contribution in [1.82, 2.24) is 15.4 Å². The number of rotatable bonds is 6. The molecule has 8 heteroatoms. The third-order valence-electron chi connectivity index (χ3n) is 4.69. The largest absolute Gasteiger partial charge is 0.395 e. The predicted molar refractivity (Wildman–Crippen MR) is 113 cm³/mol. The number of hydrogen-bond donors (Lipinski definition) is 4. The molecule has 4 rings (SSSR count). The van der Waals surface area contributed by atoms with Gasteiger partial charge in [0.15, 0.2) is 6.17 Å². The number of allylic oxidation sites excluding steroid dienone is 1. The van der Waals surface area contributed by atoms with Gasteiger partial charge < -0.3 is 15.7 Å². The topological polar surface area (TPSA) is 85.8 Å². The van der Waals surface area contributed by atoms with Crippen molar-refractivity contribution in [3.8, 4) is 11.1 Å². The van der Waals surface area contributed by atoms with Crippen LogP contribution in [0.1, 0.15) is 12.5 Å². The van der Waals surface area contributed by atoms with Crippen molar-refractivity contribution >= 4 is 22.9 Å². The van der Waals surface area contributed by atoms with Gasteiger partial charge in [0.1, 0.15) is 16.8 Å². The first-order chi connectivity index (χ1) is 14.1. The fraction of sp³-hybridized carbons (Fsp3) is 0.190. The monoisotopic (exact) mass is 412 g/mol. The van der Waals surface area contributed by atoms with E-state index in [1.54, 1.807) is 49.7 Å². The highest BCUT2D eigenvalue weighted by Gasteiger charge is 2.22. The van der Waals surface area contributed by atoms with Crippen molar-refractivity contribution in [3.05, 3.63) is 71.8 Å². The van der Waals surface area contributed by atoms with Crippen molar-refractivity contribution in [1.29, 1.82) is 0 Å². The summed E-state index contributed by atoms with van der Waals surface area (Å²) >= 11 is 0. The van der Waals surface area contributed by atoms with Crippen LogP contribution in [0.25, 0.3) is 16.8 Å². The predicted octanol–water partition coefficient (Wildman–Crippen LogP) is 2.27. The molecule has 0 saturated carbocycles. The minimum atomic E-state index is -1.53. The average molecular weight is 412 g/mol. The van der Waals surface area contributed by atoms with Crippen molar-refractivity contribution in [2.45, 2.75) is 24.0 Å². The second-order valence-electron chi connectivity index (χ2n) is 6.83. The lowest BCUT2D eigenvalue weighted by molar-refractivity contribution is 0.266. The Morgan fingerprint density at radius 1 is 1.28 bits per heavy atom. The second-order valence-corrected chi connectivity index (χ2v) is 8.05. The number of aliphatic imine (C=N–C) groups is 1. The summed E-state index contributed by atoms with van der Waals surface area (Å²) in [6, 6.07) is 11.8. The fourth-order valence-corrected chi connectivity index (χ4v) is 4.33. The summed E-state index contributed by atoms with van der Waals surface area (Å²) in [6.45, 7) is 1.61. The zero-order valence-electron chi connectivity index (χ0n) is 15.7. The molecule has 0 radical (unpaired) electrons. The Balaban J connectivity index is 1.63. The summed E-state index contributed by atoms with van der Waals surface area (Å²) < 4.78 is 30.5. The van der Waals surface area contributed by atoms with Crippen LogP contribution in [0.15, 0.2) is 70.3 Å². The summed E-state index contributed by atoms with van der Waals surface area (Å²) in [6.07, 6.45) is 5.13. The molecular weight excluding hydrogens is 391 g/mol. The van der Waals surface area contributed by atoms with Crippen LogP contribution in [-0.4, -0.2) is 34.3 Å². The minimum Gasteiger partial charge on any atom is -0.395 e. The first-order valence-corrected chi connectivity index (χ1v) is 10.4. The molecular formula is C21H21FN4O2S. The zero-order chi connectivity index (χ0) is 20.4. The maximum atomic E-state index is 15.0. The fourth-order valence-electron chi connectivity index (χ4n) is 3.17. The number of hydrogen-bond acceptors (Lipinski definition) is 5. The molecule has 6 nitrogen and oxygen atoms in total. The highest BCUT2D eigenvalue weighted by molar-refractivity contribution is 7.83. The molecule has 3 atom stereocenters. The molecule has 0 aromatic heterocycles. The van der Waals surface area contributed by atoms with E-state index in [0.29, 0.717) is 27.3 Å². The molecule has 2 aliphatic heterocycles. The number of fused-ring (bicyclic) bond motifs is 1. The van der Waals surface area contributed by atoms with Gasteiger partial charge in [0.25, 0.3) is 0 Å². The normalized spacial score (nSPS) is 19.5. The van der Waals surface area contributed by atoms with Crippen molar-refractivity contribution in [2.24, 2.45) is 4.99 Å². The Labute approximate surface area is 170 Å². The molecule has 150 valence electrons. The molecule has 0 amide bonds. The lowest BCUT2D eigenvalue weighted by Gasteiger charge is -2.24. The summed E-state index contributed by atoms with van der Waals surface area (Å²) in [5.41, 5.74) is 3.22. The standard InChI is InChI=1S/C21H21FN4O2S/c1-13(12-27)26-29(28)20-5-3-2-4-15(20)14-6-7-16(17(22)10-14)19-11-24-21-18(25-19)8-9-23-21/h2-11,13,21,24-27H,12H2,1H3. The van der Waals surface area contributed by atoms with E-state index in [1.807, 2.05) is 12.1 Å². The van der Waals surface area contributed by atoms with Crippen molar-refractivity contribution < 1.29 is 13.7 Å². The van der Waals surface area contributed by atoms with Gasteiger partial charge in [-0.15, -0.1) is 0 Å². The Morgan fingerprint density at radius 3 is 2.90 bits per heavy atom. The molecule has 4 N–H and O–H groups in total. The molecule has 2 heterocycles. The summed E-state index contributed by atoms with van der Waals surface area (Å²) in [5, 5.41) is 15.5. The smallest absolute Gasteiger partial charge is 0.159 e. The number of aliphatic hydroxyl groups excluding tert-OH is 1. The number of halogens is 1. The van der Waals surface area contributed by atoms with E-state index < -0.39 is 16.8 Å². The van der Waals surface area contributed by atoms with Crippen LogP contribution in [0.4, 0.5) is 4.39 Å². The third-order valence-corrected chi connectivity index (χ3v) is 6.06. The summed E-state index contributed by atoms with van der Waals surface area (Å²) in [7, 11) is -1.53. The molecule has 0 bridgehead atoms. The molecule has 2 aromatic rings. The molecule has 2 aromatic carbocycles. The lowest BCUT2D eigenvalue weighted by Crippen LogP contribution is -2.35. The van der Waals surface area contributed by atoms with Gasteiger partial charge in [-0.2, -0.15) is 0 Å². The van der Waals surface area contributed by atoms with Gasteiger partial charge in [-0.05, 0) is 42.3 Å². The van der Waals surface area contributed by atoms with Gasteiger partial charge in [0.05, 0.1) is 22.9 Å². The van der Waals surface area contributed by atoms with Crippen LogP contribution < -0.4 is 15.4 Å². The number of benzene rings is 2. The first kappa shape index (κ1) is 19.5. The van der Waals surface area contributed by atoms with E-state index in [4.69, 9.17) is 0 Å². The Kier molecular flexibility index (Phi) is 5.57. The van der Waals surface area contributed by atoms with E-state index >= 15 is 0 Å². The number of nitrogens with one attached hydrogen (secondary N) is 3. The molecule has 0 aliphatic carbocycles. The second kappa shape index (κ2) is 8.28. The summed E-state index contributed by atoms with van der Waals surface area (Å²) in [4.78, 5) is 4.77. The maximum Gasteiger partial charge on any atom is 0.159 e. The molecule has 0 saturated heterocycles. The van der Waals surface area contributed by atoms with E-state index in [-0.39, 0.29) is 18.8 Å². The Morgan fingerprint density at radius 2 is 2.10 bits per heavy atom. The van der Waals surface area contributed by atoms with Gasteiger partial charge in [0, 0.05) is 24.0 Å². The van der Waals surface area contributed by atoms with Gasteiger partial charge >= 0.3 is 0 Å². The molecule has 29 heavy (non-hydrogen) atoms. The highest BCUT2D eigenvalue weighted by Crippen LogP contribution is 2.30. The van der Waals surface area contributed by atoms with Crippen LogP contribution in [0.3, 0.4) is 0 Å². The number of nitrogens with zero attached hydrogens (tertiary/aromatic N) is 1. The third kappa shape index (κ3) is 4.00. The number of aliphatic hydroxyl groups is 1. The SMILES string of the molecule is CC(CO)NS(=O)c1ccccc1-c1ccc(C2=CNC3N=CC=C3N2)c(F)c1. The van der Waals surface area contributed by atoms with Crippen LogP contribution in [0.5, 0.6) is 0 Å². The quantitative estimate of drug-likeness (QED) is 0.586. The minimum absolute atomic E-state index is 0.129. The molecule has 0 fully saturated rings.